The number of carboxylic acid groups (broad SMARTS) is 1. The van der Waals surface area contributed by atoms with Crippen molar-refractivity contribution in [1.82, 2.24) is 9.78 Å². The Labute approximate surface area is 161 Å². The topological polar surface area (TPSA) is 113 Å². The van der Waals surface area contributed by atoms with Crippen molar-refractivity contribution in [3.05, 3.63) is 36.7 Å². The first-order valence-electron chi connectivity index (χ1n) is 8.23. The van der Waals surface area contributed by atoms with Crippen LogP contribution in [-0.4, -0.2) is 37.9 Å². The highest BCUT2D eigenvalue weighted by Gasteiger charge is 2.30. The summed E-state index contributed by atoms with van der Waals surface area (Å²) in [4.78, 5) is 35.6. The van der Waals surface area contributed by atoms with Gasteiger partial charge < -0.3 is 15.7 Å². The molecule has 0 aliphatic carbocycles. The molecule has 0 aliphatic heterocycles. The molecule has 144 valence electrons. The van der Waals surface area contributed by atoms with Gasteiger partial charge in [0.15, 0.2) is 5.54 Å². The molecule has 0 saturated carbocycles. The zero-order valence-corrected chi connectivity index (χ0v) is 16.3. The molecule has 0 fully saturated rings. The molecule has 3 N–H and O–H groups in total. The van der Waals surface area contributed by atoms with Crippen molar-refractivity contribution in [2.45, 2.75) is 43.4 Å². The van der Waals surface area contributed by atoms with Crippen molar-refractivity contribution in [3.63, 3.8) is 0 Å². The minimum Gasteiger partial charge on any atom is -0.479 e. The largest absolute Gasteiger partial charge is 0.479 e. The number of aromatic nitrogens is 2. The van der Waals surface area contributed by atoms with Crippen LogP contribution in [0.5, 0.6) is 0 Å². The molecule has 0 aliphatic rings. The van der Waals surface area contributed by atoms with Crippen LogP contribution in [0.1, 0.15) is 27.7 Å². The van der Waals surface area contributed by atoms with Crippen LogP contribution in [-0.2, 0) is 19.9 Å². The molecule has 2 rings (SSSR count). The molecule has 0 radical (unpaired) electrons. The summed E-state index contributed by atoms with van der Waals surface area (Å²) in [6.45, 7) is 6.26. The first kappa shape index (κ1) is 20.5. The summed E-state index contributed by atoms with van der Waals surface area (Å²) in [5.41, 5.74) is -0.0841. The fourth-order valence-electron chi connectivity index (χ4n) is 2.11. The molecule has 27 heavy (non-hydrogen) atoms. The molecule has 2 amide bonds. The van der Waals surface area contributed by atoms with E-state index in [1.54, 1.807) is 19.1 Å². The van der Waals surface area contributed by atoms with Gasteiger partial charge in [0, 0.05) is 23.7 Å². The van der Waals surface area contributed by atoms with E-state index in [1.165, 1.54) is 49.6 Å². The summed E-state index contributed by atoms with van der Waals surface area (Å²) in [5, 5.41) is 18.3. The zero-order valence-electron chi connectivity index (χ0n) is 15.5. The number of hydrogen-bond donors (Lipinski definition) is 3. The molecule has 0 saturated heterocycles. The molecule has 0 spiro atoms. The number of benzene rings is 1. The van der Waals surface area contributed by atoms with Gasteiger partial charge in [0.05, 0.1) is 17.1 Å². The number of carbonyl (C=O) groups is 3. The molecular formula is C18H22N4O4S. The van der Waals surface area contributed by atoms with Gasteiger partial charge in [0.25, 0.3) is 0 Å². The summed E-state index contributed by atoms with van der Waals surface area (Å²) < 4.78 is 1.30. The molecule has 1 unspecified atom stereocenters. The normalized spacial score (nSPS) is 12.3. The van der Waals surface area contributed by atoms with E-state index in [0.29, 0.717) is 11.4 Å². The molecule has 0 bridgehead atoms. The number of carboxylic acids is 1. The molecule has 1 heterocycles. The van der Waals surface area contributed by atoms with Crippen LogP contribution in [0, 0.1) is 0 Å². The third kappa shape index (κ3) is 5.33. The number of nitrogens with zero attached hydrogens (tertiary/aromatic N) is 2. The van der Waals surface area contributed by atoms with E-state index < -0.39 is 11.5 Å². The average Bonchev–Trinajstić information content (AvgIpc) is 3.05. The van der Waals surface area contributed by atoms with Crippen molar-refractivity contribution < 1.29 is 19.5 Å². The van der Waals surface area contributed by atoms with Crippen molar-refractivity contribution >= 4 is 40.9 Å². The van der Waals surface area contributed by atoms with Crippen LogP contribution in [0.4, 0.5) is 11.4 Å². The van der Waals surface area contributed by atoms with Crippen molar-refractivity contribution in [1.29, 1.82) is 0 Å². The number of anilines is 2. The maximum Gasteiger partial charge on any atom is 0.331 e. The van der Waals surface area contributed by atoms with E-state index in [4.69, 9.17) is 0 Å². The molecule has 8 nitrogen and oxygen atoms in total. The van der Waals surface area contributed by atoms with Crippen LogP contribution in [0.3, 0.4) is 0 Å². The highest BCUT2D eigenvalue weighted by Crippen LogP contribution is 2.26. The van der Waals surface area contributed by atoms with Crippen molar-refractivity contribution in [2.24, 2.45) is 0 Å². The second-order valence-corrected chi connectivity index (χ2v) is 7.91. The highest BCUT2D eigenvalue weighted by atomic mass is 32.2. The Kier molecular flexibility index (Phi) is 6.27. The van der Waals surface area contributed by atoms with Crippen LogP contribution in [0.2, 0.25) is 0 Å². The van der Waals surface area contributed by atoms with Crippen molar-refractivity contribution in [3.8, 4) is 0 Å². The third-order valence-electron chi connectivity index (χ3n) is 3.80. The number of amides is 2. The van der Waals surface area contributed by atoms with Crippen molar-refractivity contribution in [2.75, 3.05) is 10.6 Å². The SMILES string of the molecule is CC(=O)Nc1ccc(SC(C)C(=O)Nc2cnn(C(C)(C)C(=O)O)c2)cc1. The van der Waals surface area contributed by atoms with Crippen LogP contribution >= 0.6 is 11.8 Å². The van der Waals surface area contributed by atoms with Gasteiger partial charge in [-0.05, 0) is 45.0 Å². The lowest BCUT2D eigenvalue weighted by Crippen LogP contribution is -2.36. The van der Waals surface area contributed by atoms with E-state index in [-0.39, 0.29) is 17.1 Å². The third-order valence-corrected chi connectivity index (χ3v) is 4.91. The number of nitrogens with one attached hydrogen (secondary N) is 2. The highest BCUT2D eigenvalue weighted by molar-refractivity contribution is 8.00. The Balaban J connectivity index is 1.97. The van der Waals surface area contributed by atoms with Gasteiger partial charge in [-0.15, -0.1) is 11.8 Å². The Morgan fingerprint density at radius 2 is 1.78 bits per heavy atom. The molecule has 1 atom stereocenters. The number of aliphatic carboxylic acids is 1. The molecule has 1 aromatic heterocycles. The summed E-state index contributed by atoms with van der Waals surface area (Å²) in [6, 6.07) is 7.19. The molecule has 1 aromatic carbocycles. The predicted octanol–water partition coefficient (Wildman–Crippen LogP) is 2.78. The Hall–Kier alpha value is -2.81. The second kappa shape index (κ2) is 8.26. The fourth-order valence-corrected chi connectivity index (χ4v) is 2.98. The maximum absolute atomic E-state index is 12.4. The van der Waals surface area contributed by atoms with Gasteiger partial charge in [-0.2, -0.15) is 5.10 Å². The maximum atomic E-state index is 12.4. The molecular weight excluding hydrogens is 368 g/mol. The summed E-state index contributed by atoms with van der Waals surface area (Å²) in [6.07, 6.45) is 2.91. The lowest BCUT2D eigenvalue weighted by Gasteiger charge is -2.19. The van der Waals surface area contributed by atoms with Gasteiger partial charge in [0.1, 0.15) is 0 Å². The minimum absolute atomic E-state index is 0.144. The number of carbonyl (C=O) groups excluding carboxylic acids is 2. The van der Waals surface area contributed by atoms with Crippen LogP contribution in [0.25, 0.3) is 0 Å². The van der Waals surface area contributed by atoms with Gasteiger partial charge in [-0.1, -0.05) is 0 Å². The Morgan fingerprint density at radius 3 is 2.33 bits per heavy atom. The quantitative estimate of drug-likeness (QED) is 0.627. The zero-order chi connectivity index (χ0) is 20.2. The lowest BCUT2D eigenvalue weighted by molar-refractivity contribution is -0.146. The van der Waals surface area contributed by atoms with Gasteiger partial charge in [-0.3, -0.25) is 14.3 Å². The molecule has 9 heteroatoms. The number of hydrogen-bond acceptors (Lipinski definition) is 5. The van der Waals surface area contributed by atoms with E-state index in [0.717, 1.165) is 4.90 Å². The van der Waals surface area contributed by atoms with E-state index >= 15 is 0 Å². The number of rotatable bonds is 7. The second-order valence-electron chi connectivity index (χ2n) is 6.49. The summed E-state index contributed by atoms with van der Waals surface area (Å²) in [5.74, 6) is -1.39. The first-order chi connectivity index (χ1) is 12.6. The average molecular weight is 390 g/mol. The number of thioether (sulfide) groups is 1. The fraction of sp³-hybridized carbons (Fsp3) is 0.333. The van der Waals surface area contributed by atoms with Gasteiger partial charge in [0.2, 0.25) is 11.8 Å². The Morgan fingerprint density at radius 1 is 1.15 bits per heavy atom. The summed E-state index contributed by atoms with van der Waals surface area (Å²) >= 11 is 1.37. The smallest absolute Gasteiger partial charge is 0.331 e. The lowest BCUT2D eigenvalue weighted by atomic mass is 10.1. The van der Waals surface area contributed by atoms with E-state index in [1.807, 2.05) is 12.1 Å². The van der Waals surface area contributed by atoms with Crippen LogP contribution in [0.15, 0.2) is 41.6 Å². The first-order valence-corrected chi connectivity index (χ1v) is 9.11. The van der Waals surface area contributed by atoms with E-state index in [9.17, 15) is 19.5 Å². The monoisotopic (exact) mass is 390 g/mol. The molecule has 2 aromatic rings. The summed E-state index contributed by atoms with van der Waals surface area (Å²) in [7, 11) is 0. The predicted molar refractivity (Wildman–Crippen MR) is 104 cm³/mol. The van der Waals surface area contributed by atoms with Gasteiger partial charge >= 0.3 is 5.97 Å². The minimum atomic E-state index is -1.21. The van der Waals surface area contributed by atoms with E-state index in [2.05, 4.69) is 15.7 Å². The van der Waals surface area contributed by atoms with Crippen LogP contribution < -0.4 is 10.6 Å². The standard InChI is InChI=1S/C18H22N4O4S/c1-11(27-15-7-5-13(6-8-15)20-12(2)23)16(24)21-14-9-19-22(10-14)18(3,4)17(25)26/h5-11H,1-4H3,(H,20,23)(H,21,24)(H,25,26). The van der Waals surface area contributed by atoms with Gasteiger partial charge in [-0.25, -0.2) is 4.79 Å². The Bertz CT molecular complexity index is 845.